The number of phenols is 2. The molecule has 5 heteroatoms. The molecule has 0 aromatic heterocycles. The van der Waals surface area contributed by atoms with Gasteiger partial charge in [-0.2, -0.15) is 0 Å². The molecule has 3 aromatic carbocycles. The van der Waals surface area contributed by atoms with E-state index in [-0.39, 0.29) is 36.2 Å². The van der Waals surface area contributed by atoms with Gasteiger partial charge in [0, 0.05) is 24.4 Å². The van der Waals surface area contributed by atoms with Crippen molar-refractivity contribution >= 4 is 0 Å². The largest absolute Gasteiger partial charge is 0.508 e. The maximum Gasteiger partial charge on any atom is 0.119 e. The van der Waals surface area contributed by atoms with Gasteiger partial charge in [-0.1, -0.05) is 30.3 Å². The molecule has 1 aliphatic heterocycles. The van der Waals surface area contributed by atoms with Gasteiger partial charge in [0.1, 0.15) is 23.9 Å². The third kappa shape index (κ3) is 5.15. The molecule has 1 saturated heterocycles. The first kappa shape index (κ1) is 23.7. The summed E-state index contributed by atoms with van der Waals surface area (Å²) in [4.78, 5) is 2.31. The smallest absolute Gasteiger partial charge is 0.119 e. The predicted octanol–water partition coefficient (Wildman–Crippen LogP) is 6.02. The van der Waals surface area contributed by atoms with Gasteiger partial charge in [-0.3, -0.25) is 9.29 Å². The lowest BCUT2D eigenvalue weighted by Crippen LogP contribution is -2.35. The third-order valence-corrected chi connectivity index (χ3v) is 7.80. The Morgan fingerprint density at radius 2 is 1.66 bits per heavy atom. The Kier molecular flexibility index (Phi) is 6.96. The van der Waals surface area contributed by atoms with Crippen molar-refractivity contribution in [3.8, 4) is 17.2 Å². The Balaban J connectivity index is 1.35. The van der Waals surface area contributed by atoms with Crippen LogP contribution in [0.4, 0.5) is 4.39 Å². The zero-order valence-corrected chi connectivity index (χ0v) is 20.2. The minimum absolute atomic E-state index is 0.152. The monoisotopic (exact) mass is 475 g/mol. The molecule has 3 aromatic rings. The average Bonchev–Trinajstić information content (AvgIpc) is 3.37. The Morgan fingerprint density at radius 1 is 0.943 bits per heavy atom. The molecule has 5 rings (SSSR count). The minimum atomic E-state index is -0.236. The summed E-state index contributed by atoms with van der Waals surface area (Å²) in [5, 5.41) is 19.8. The minimum Gasteiger partial charge on any atom is -0.508 e. The number of alkyl halides is 1. The molecule has 1 aliphatic carbocycles. The summed E-state index contributed by atoms with van der Waals surface area (Å²) in [5.41, 5.74) is 4.85. The average molecular weight is 476 g/mol. The summed E-state index contributed by atoms with van der Waals surface area (Å²) >= 11 is 0. The van der Waals surface area contributed by atoms with Gasteiger partial charge in [-0.05, 0) is 97.3 Å². The molecule has 0 bridgehead atoms. The van der Waals surface area contributed by atoms with Crippen LogP contribution >= 0.6 is 0 Å². The van der Waals surface area contributed by atoms with E-state index in [2.05, 4.69) is 30.0 Å². The van der Waals surface area contributed by atoms with Crippen LogP contribution in [0.25, 0.3) is 0 Å². The lowest BCUT2D eigenvalue weighted by atomic mass is 9.69. The first-order chi connectivity index (χ1) is 17.0. The molecule has 0 unspecified atom stereocenters. The fourth-order valence-electron chi connectivity index (χ4n) is 5.78. The lowest BCUT2D eigenvalue weighted by Gasteiger charge is -2.35. The predicted molar refractivity (Wildman–Crippen MR) is 136 cm³/mol. The van der Waals surface area contributed by atoms with Gasteiger partial charge in [0.25, 0.3) is 0 Å². The van der Waals surface area contributed by atoms with Crippen molar-refractivity contribution in [3.63, 3.8) is 0 Å². The second-order valence-electron chi connectivity index (χ2n) is 10.1. The Bertz CT molecular complexity index is 1130. The molecule has 0 radical (unpaired) electrons. The maximum absolute atomic E-state index is 13.0. The van der Waals surface area contributed by atoms with Gasteiger partial charge in [-0.25, -0.2) is 0 Å². The Morgan fingerprint density at radius 3 is 2.37 bits per heavy atom. The summed E-state index contributed by atoms with van der Waals surface area (Å²) < 4.78 is 19.1. The van der Waals surface area contributed by atoms with E-state index in [9.17, 15) is 14.6 Å². The zero-order valence-electron chi connectivity index (χ0n) is 20.2. The highest BCUT2D eigenvalue weighted by Crippen LogP contribution is 2.47. The molecule has 1 heterocycles. The molecule has 4 nitrogen and oxygen atoms in total. The molecule has 4 atom stereocenters. The van der Waals surface area contributed by atoms with Crippen molar-refractivity contribution < 1.29 is 19.3 Å². The number of aromatic hydroxyl groups is 2. The molecule has 2 N–H and O–H groups in total. The summed E-state index contributed by atoms with van der Waals surface area (Å²) in [6.07, 6.45) is 2.81. The first-order valence-electron chi connectivity index (χ1n) is 12.7. The topological polar surface area (TPSA) is 52.9 Å². The molecular formula is C30H34FNO3. The standard InChI is InChI=1S/C30H34FNO3/c1-20(32-15-14-21(17-31)18-32)19-35-27-10-4-23(5-11-27)30-28(22-2-7-25(33)8-3-22)12-6-24-16-26(34)9-13-29(24)30/h2-5,7-11,13,16,20-21,28,30,33-34H,6,12,14-15,17-19H2,1H3/t20-,21-,28+,30-/m0/s1. The highest BCUT2D eigenvalue weighted by Gasteiger charge is 2.32. The van der Waals surface area contributed by atoms with E-state index >= 15 is 0 Å². The van der Waals surface area contributed by atoms with Crippen LogP contribution < -0.4 is 4.74 Å². The summed E-state index contributed by atoms with van der Waals surface area (Å²) in [5.74, 6) is 2.01. The van der Waals surface area contributed by atoms with E-state index in [1.807, 2.05) is 30.3 Å². The number of fused-ring (bicyclic) bond motifs is 1. The zero-order chi connectivity index (χ0) is 24.4. The molecule has 35 heavy (non-hydrogen) atoms. The number of hydrogen-bond donors (Lipinski definition) is 2. The quantitative estimate of drug-likeness (QED) is 0.439. The van der Waals surface area contributed by atoms with Gasteiger partial charge in [-0.15, -0.1) is 0 Å². The number of phenolic OH excluding ortho intramolecular Hbond substituents is 2. The fraction of sp³-hybridized carbons (Fsp3) is 0.400. The summed E-state index contributed by atoms with van der Waals surface area (Å²) in [7, 11) is 0. The number of hydrogen-bond acceptors (Lipinski definition) is 4. The Labute approximate surface area is 207 Å². The van der Waals surface area contributed by atoms with Gasteiger partial charge in [0.05, 0.1) is 6.67 Å². The summed E-state index contributed by atoms with van der Waals surface area (Å²) in [6.45, 7) is 4.24. The van der Waals surface area contributed by atoms with E-state index in [1.54, 1.807) is 18.2 Å². The normalized spacial score (nSPS) is 23.1. The van der Waals surface area contributed by atoms with E-state index in [0.29, 0.717) is 12.4 Å². The van der Waals surface area contributed by atoms with Crippen molar-refractivity contribution in [1.29, 1.82) is 0 Å². The van der Waals surface area contributed by atoms with E-state index in [0.717, 1.165) is 38.1 Å². The van der Waals surface area contributed by atoms with Crippen LogP contribution in [0, 0.1) is 5.92 Å². The van der Waals surface area contributed by atoms with Crippen molar-refractivity contribution in [2.24, 2.45) is 5.92 Å². The van der Waals surface area contributed by atoms with Gasteiger partial charge in [0.2, 0.25) is 0 Å². The van der Waals surface area contributed by atoms with Crippen LogP contribution in [0.1, 0.15) is 53.9 Å². The number of ether oxygens (including phenoxy) is 1. The number of rotatable bonds is 7. The van der Waals surface area contributed by atoms with Crippen LogP contribution in [-0.2, 0) is 6.42 Å². The number of aryl methyl sites for hydroxylation is 1. The van der Waals surface area contributed by atoms with E-state index in [4.69, 9.17) is 4.74 Å². The lowest BCUT2D eigenvalue weighted by molar-refractivity contribution is 0.165. The van der Waals surface area contributed by atoms with Crippen LogP contribution in [0.15, 0.2) is 66.7 Å². The second-order valence-corrected chi connectivity index (χ2v) is 10.1. The van der Waals surface area contributed by atoms with Crippen molar-refractivity contribution in [2.45, 2.75) is 44.1 Å². The van der Waals surface area contributed by atoms with Gasteiger partial charge in [0.15, 0.2) is 0 Å². The first-order valence-corrected chi connectivity index (χ1v) is 12.7. The molecule has 0 amide bonds. The molecule has 2 aliphatic rings. The molecule has 1 fully saturated rings. The number of benzene rings is 3. The van der Waals surface area contributed by atoms with Gasteiger partial charge < -0.3 is 14.9 Å². The number of nitrogens with zero attached hydrogens (tertiary/aromatic N) is 1. The molecule has 0 spiro atoms. The van der Waals surface area contributed by atoms with Gasteiger partial charge >= 0.3 is 0 Å². The van der Waals surface area contributed by atoms with Crippen LogP contribution in [0.3, 0.4) is 0 Å². The SMILES string of the molecule is C[C@@H](COc1ccc([C@@H]2c3ccc(O)cc3CC[C@@H]2c2ccc(O)cc2)cc1)N1CC[C@@H](CF)C1. The van der Waals surface area contributed by atoms with Crippen LogP contribution in [0.5, 0.6) is 17.2 Å². The molecule has 0 saturated carbocycles. The highest BCUT2D eigenvalue weighted by atomic mass is 19.1. The second kappa shape index (κ2) is 10.3. The number of likely N-dealkylation sites (tertiary alicyclic amines) is 1. The van der Waals surface area contributed by atoms with Crippen molar-refractivity contribution in [1.82, 2.24) is 4.90 Å². The third-order valence-electron chi connectivity index (χ3n) is 7.80. The molecule has 184 valence electrons. The van der Waals surface area contributed by atoms with Crippen molar-refractivity contribution in [2.75, 3.05) is 26.4 Å². The summed E-state index contributed by atoms with van der Waals surface area (Å²) in [6, 6.07) is 21.9. The van der Waals surface area contributed by atoms with E-state index in [1.165, 1.54) is 22.3 Å². The fourth-order valence-corrected chi connectivity index (χ4v) is 5.78. The van der Waals surface area contributed by atoms with Crippen molar-refractivity contribution in [3.05, 3.63) is 89.0 Å². The molecular weight excluding hydrogens is 441 g/mol. The Hall–Kier alpha value is -3.05. The van der Waals surface area contributed by atoms with E-state index < -0.39 is 0 Å². The number of halogens is 1. The maximum atomic E-state index is 13.0. The van der Waals surface area contributed by atoms with Crippen LogP contribution in [-0.4, -0.2) is 47.5 Å². The highest BCUT2D eigenvalue weighted by molar-refractivity contribution is 5.48. The van der Waals surface area contributed by atoms with Crippen LogP contribution in [0.2, 0.25) is 0 Å².